The van der Waals surface area contributed by atoms with Gasteiger partial charge in [0.15, 0.2) is 0 Å². The van der Waals surface area contributed by atoms with Crippen LogP contribution in [0.2, 0.25) is 0 Å². The minimum Gasteiger partial charge on any atom is -0.327 e. The Morgan fingerprint density at radius 3 is 3.15 bits per heavy atom. The number of nitrogens with two attached hydrogens (primary N) is 1. The summed E-state index contributed by atoms with van der Waals surface area (Å²) in [4.78, 5) is 4.20. The van der Waals surface area contributed by atoms with Gasteiger partial charge in [-0.25, -0.2) is 4.98 Å². The molecule has 1 rings (SSSR count). The highest BCUT2D eigenvalue weighted by atomic mass is 32.1. The van der Waals surface area contributed by atoms with Gasteiger partial charge in [-0.2, -0.15) is 0 Å². The Morgan fingerprint density at radius 2 is 2.54 bits per heavy atom. The number of thiazole rings is 1. The highest BCUT2D eigenvalue weighted by Crippen LogP contribution is 2.03. The molecule has 0 aromatic carbocycles. The van der Waals surface area contributed by atoms with Crippen molar-refractivity contribution in [3.63, 3.8) is 0 Å². The molecule has 0 spiro atoms. The van der Waals surface area contributed by atoms with Crippen LogP contribution in [0.25, 0.3) is 0 Å². The zero-order valence-corrected chi connectivity index (χ0v) is 8.81. The zero-order valence-electron chi connectivity index (χ0n) is 7.99. The number of aromatic nitrogens is 1. The maximum atomic E-state index is 5.76. The maximum absolute atomic E-state index is 5.76. The lowest BCUT2D eigenvalue weighted by Crippen LogP contribution is -2.34. The van der Waals surface area contributed by atoms with Gasteiger partial charge in [0.25, 0.3) is 0 Å². The standard InChI is InChI=1S/C9H17N3S/c1-2-8(10)7-11-4-3-9-12-5-6-13-9/h5-6,8,11H,2-4,7,10H2,1H3. The van der Waals surface area contributed by atoms with Gasteiger partial charge in [-0.05, 0) is 6.42 Å². The highest BCUT2D eigenvalue weighted by Gasteiger charge is 1.98. The first kappa shape index (κ1) is 10.6. The summed E-state index contributed by atoms with van der Waals surface area (Å²) in [6.45, 7) is 3.98. The molecule has 0 aliphatic rings. The first-order chi connectivity index (χ1) is 6.33. The van der Waals surface area contributed by atoms with Crippen molar-refractivity contribution in [2.45, 2.75) is 25.8 Å². The quantitative estimate of drug-likeness (QED) is 0.672. The lowest BCUT2D eigenvalue weighted by atomic mass is 10.2. The van der Waals surface area contributed by atoms with Crippen molar-refractivity contribution in [2.75, 3.05) is 13.1 Å². The van der Waals surface area contributed by atoms with Crippen LogP contribution in [0.5, 0.6) is 0 Å². The van der Waals surface area contributed by atoms with E-state index in [1.165, 1.54) is 5.01 Å². The number of hydrogen-bond acceptors (Lipinski definition) is 4. The third kappa shape index (κ3) is 4.36. The summed E-state index contributed by atoms with van der Waals surface area (Å²) in [5.74, 6) is 0. The van der Waals surface area contributed by atoms with Crippen molar-refractivity contribution in [3.8, 4) is 0 Å². The minimum atomic E-state index is 0.288. The molecule has 1 atom stereocenters. The van der Waals surface area contributed by atoms with E-state index < -0.39 is 0 Å². The molecule has 4 heteroatoms. The molecule has 13 heavy (non-hydrogen) atoms. The van der Waals surface area contributed by atoms with E-state index in [2.05, 4.69) is 17.2 Å². The maximum Gasteiger partial charge on any atom is 0.0937 e. The van der Waals surface area contributed by atoms with Crippen LogP contribution in [0.1, 0.15) is 18.4 Å². The monoisotopic (exact) mass is 199 g/mol. The summed E-state index contributed by atoms with van der Waals surface area (Å²) in [6, 6.07) is 0.288. The van der Waals surface area contributed by atoms with Gasteiger partial charge in [0.1, 0.15) is 0 Å². The van der Waals surface area contributed by atoms with E-state index in [9.17, 15) is 0 Å². The van der Waals surface area contributed by atoms with Crippen LogP contribution in [0.4, 0.5) is 0 Å². The molecule has 0 amide bonds. The third-order valence-electron chi connectivity index (χ3n) is 1.93. The number of nitrogens with zero attached hydrogens (tertiary/aromatic N) is 1. The van der Waals surface area contributed by atoms with Gasteiger partial charge in [-0.15, -0.1) is 11.3 Å². The average Bonchev–Trinajstić information content (AvgIpc) is 2.64. The van der Waals surface area contributed by atoms with E-state index in [1.54, 1.807) is 11.3 Å². The van der Waals surface area contributed by atoms with Crippen LogP contribution in [-0.2, 0) is 6.42 Å². The van der Waals surface area contributed by atoms with E-state index in [4.69, 9.17) is 5.73 Å². The van der Waals surface area contributed by atoms with E-state index in [0.717, 1.165) is 25.9 Å². The van der Waals surface area contributed by atoms with Crippen LogP contribution in [0, 0.1) is 0 Å². The van der Waals surface area contributed by atoms with Crippen molar-refractivity contribution in [2.24, 2.45) is 5.73 Å². The molecule has 3 nitrogen and oxygen atoms in total. The molecule has 0 saturated carbocycles. The molecule has 0 bridgehead atoms. The van der Waals surface area contributed by atoms with Gasteiger partial charge in [-0.1, -0.05) is 6.92 Å². The summed E-state index contributed by atoms with van der Waals surface area (Å²) in [5.41, 5.74) is 5.76. The Morgan fingerprint density at radius 1 is 1.69 bits per heavy atom. The van der Waals surface area contributed by atoms with Crippen molar-refractivity contribution < 1.29 is 0 Å². The Labute approximate surface area is 83.4 Å². The van der Waals surface area contributed by atoms with Crippen molar-refractivity contribution in [1.82, 2.24) is 10.3 Å². The van der Waals surface area contributed by atoms with E-state index in [1.807, 2.05) is 11.6 Å². The molecule has 0 fully saturated rings. The van der Waals surface area contributed by atoms with Crippen LogP contribution in [0.15, 0.2) is 11.6 Å². The van der Waals surface area contributed by atoms with Crippen LogP contribution in [0.3, 0.4) is 0 Å². The molecule has 0 radical (unpaired) electrons. The topological polar surface area (TPSA) is 50.9 Å². The van der Waals surface area contributed by atoms with Crippen LogP contribution < -0.4 is 11.1 Å². The lowest BCUT2D eigenvalue weighted by Gasteiger charge is -2.08. The molecular formula is C9H17N3S. The predicted molar refractivity (Wildman–Crippen MR) is 57.0 cm³/mol. The fourth-order valence-corrected chi connectivity index (χ4v) is 1.62. The Balaban J connectivity index is 2.02. The molecule has 0 aliphatic carbocycles. The summed E-state index contributed by atoms with van der Waals surface area (Å²) in [7, 11) is 0. The molecule has 1 heterocycles. The molecule has 1 aromatic rings. The molecule has 0 aliphatic heterocycles. The Bertz CT molecular complexity index is 211. The van der Waals surface area contributed by atoms with Gasteiger partial charge in [0.05, 0.1) is 5.01 Å². The Kier molecular flexibility index (Phi) is 4.97. The summed E-state index contributed by atoms with van der Waals surface area (Å²) in [5, 5.41) is 6.52. The summed E-state index contributed by atoms with van der Waals surface area (Å²) < 4.78 is 0. The minimum absolute atomic E-state index is 0.288. The third-order valence-corrected chi connectivity index (χ3v) is 2.77. The average molecular weight is 199 g/mol. The van der Waals surface area contributed by atoms with Crippen LogP contribution in [-0.4, -0.2) is 24.1 Å². The van der Waals surface area contributed by atoms with Gasteiger partial charge < -0.3 is 11.1 Å². The van der Waals surface area contributed by atoms with Crippen molar-refractivity contribution in [3.05, 3.63) is 16.6 Å². The van der Waals surface area contributed by atoms with Crippen molar-refractivity contribution >= 4 is 11.3 Å². The fourth-order valence-electron chi connectivity index (χ4n) is 1.00. The van der Waals surface area contributed by atoms with E-state index in [-0.39, 0.29) is 6.04 Å². The van der Waals surface area contributed by atoms with Gasteiger partial charge in [0, 0.05) is 37.1 Å². The first-order valence-electron chi connectivity index (χ1n) is 4.67. The molecule has 3 N–H and O–H groups in total. The first-order valence-corrected chi connectivity index (χ1v) is 5.55. The normalized spacial score (nSPS) is 13.1. The molecular weight excluding hydrogens is 182 g/mol. The van der Waals surface area contributed by atoms with E-state index >= 15 is 0 Å². The van der Waals surface area contributed by atoms with Gasteiger partial charge >= 0.3 is 0 Å². The molecule has 1 aromatic heterocycles. The lowest BCUT2D eigenvalue weighted by molar-refractivity contribution is 0.564. The largest absolute Gasteiger partial charge is 0.327 e. The second-order valence-corrected chi connectivity index (χ2v) is 4.03. The van der Waals surface area contributed by atoms with E-state index in [0.29, 0.717) is 0 Å². The highest BCUT2D eigenvalue weighted by molar-refractivity contribution is 7.09. The number of rotatable bonds is 6. The predicted octanol–water partition coefficient (Wildman–Crippen LogP) is 1.01. The molecule has 1 unspecified atom stereocenters. The molecule has 0 saturated heterocycles. The summed E-state index contributed by atoms with van der Waals surface area (Å²) >= 11 is 1.71. The van der Waals surface area contributed by atoms with Gasteiger partial charge in [0.2, 0.25) is 0 Å². The van der Waals surface area contributed by atoms with Crippen molar-refractivity contribution in [1.29, 1.82) is 0 Å². The fraction of sp³-hybridized carbons (Fsp3) is 0.667. The van der Waals surface area contributed by atoms with Crippen LogP contribution >= 0.6 is 11.3 Å². The SMILES string of the molecule is CCC(N)CNCCc1nccs1. The van der Waals surface area contributed by atoms with Gasteiger partial charge in [-0.3, -0.25) is 0 Å². The smallest absolute Gasteiger partial charge is 0.0937 e. The Hall–Kier alpha value is -0.450. The second-order valence-electron chi connectivity index (χ2n) is 3.05. The molecule has 74 valence electrons. The number of hydrogen-bond donors (Lipinski definition) is 2. The second kappa shape index (κ2) is 6.07. The summed E-state index contributed by atoms with van der Waals surface area (Å²) in [6.07, 6.45) is 3.89. The zero-order chi connectivity index (χ0) is 9.52. The number of nitrogens with one attached hydrogen (secondary N) is 1.